The number of hydrogen-bond acceptors (Lipinski definition) is 2. The van der Waals surface area contributed by atoms with Crippen molar-refractivity contribution in [3.05, 3.63) is 12.3 Å². The molecule has 1 amide bonds. The van der Waals surface area contributed by atoms with Crippen molar-refractivity contribution in [2.75, 3.05) is 7.05 Å². The molecule has 0 aromatic rings. The van der Waals surface area contributed by atoms with Crippen LogP contribution in [0.1, 0.15) is 20.3 Å². The molecule has 0 bridgehead atoms. The van der Waals surface area contributed by atoms with Crippen LogP contribution in [0.15, 0.2) is 17.3 Å². The second-order valence-corrected chi connectivity index (χ2v) is 2.34. The van der Waals surface area contributed by atoms with Gasteiger partial charge in [-0.05, 0) is 6.92 Å². The largest absolute Gasteiger partial charge is 0.306 e. The molecule has 0 rings (SSSR count). The fourth-order valence-corrected chi connectivity index (χ4v) is 0.499. The molecule has 0 spiro atoms. The van der Waals surface area contributed by atoms with Crippen LogP contribution in [-0.2, 0) is 4.79 Å². The fraction of sp³-hybridized carbons (Fsp3) is 0.500. The summed E-state index contributed by atoms with van der Waals surface area (Å²) >= 11 is 0. The molecule has 0 saturated heterocycles. The summed E-state index contributed by atoms with van der Waals surface area (Å²) < 4.78 is 0. The molecule has 0 aliphatic rings. The van der Waals surface area contributed by atoms with Gasteiger partial charge in [-0.2, -0.15) is 0 Å². The number of rotatable bonds is 3. The van der Waals surface area contributed by atoms with Gasteiger partial charge in [0.15, 0.2) is 0 Å². The van der Waals surface area contributed by atoms with Crippen molar-refractivity contribution in [3.8, 4) is 0 Å². The van der Waals surface area contributed by atoms with Gasteiger partial charge in [-0.3, -0.25) is 4.79 Å². The Labute approximate surface area is 67.4 Å². The van der Waals surface area contributed by atoms with Gasteiger partial charge in [0.1, 0.15) is 0 Å². The zero-order valence-electron chi connectivity index (χ0n) is 7.29. The molecule has 0 saturated carbocycles. The first-order chi connectivity index (χ1) is 5.07. The van der Waals surface area contributed by atoms with Gasteiger partial charge in [0, 0.05) is 19.2 Å². The van der Waals surface area contributed by atoms with Gasteiger partial charge in [-0.1, -0.05) is 13.5 Å². The highest BCUT2D eigenvalue weighted by atomic mass is 16.2. The molecule has 0 aliphatic heterocycles. The third-order valence-corrected chi connectivity index (χ3v) is 1.15. The van der Waals surface area contributed by atoms with Crippen LogP contribution in [0.2, 0.25) is 0 Å². The summed E-state index contributed by atoms with van der Waals surface area (Å²) in [5, 5.41) is 0. The van der Waals surface area contributed by atoms with Gasteiger partial charge >= 0.3 is 0 Å². The fourth-order valence-electron chi connectivity index (χ4n) is 0.499. The minimum atomic E-state index is 0.0509. The Kier molecular flexibility index (Phi) is 4.18. The van der Waals surface area contributed by atoms with E-state index in [1.54, 1.807) is 14.0 Å². The number of allylic oxidation sites excluding steroid dienone is 1. The molecular formula is C8H14N2O. The Balaban J connectivity index is 3.95. The van der Waals surface area contributed by atoms with E-state index >= 15 is 0 Å². The summed E-state index contributed by atoms with van der Waals surface area (Å²) in [5.74, 6) is 0.0509. The molecule has 0 fully saturated rings. The number of amides is 1. The molecule has 0 unspecified atom stereocenters. The first-order valence-corrected chi connectivity index (χ1v) is 3.53. The van der Waals surface area contributed by atoms with Gasteiger partial charge in [0.2, 0.25) is 5.91 Å². The lowest BCUT2D eigenvalue weighted by atomic mass is 10.4. The quantitative estimate of drug-likeness (QED) is 0.447. The van der Waals surface area contributed by atoms with E-state index in [1.165, 1.54) is 11.2 Å². The standard InChI is InChI=1S/C8H14N2O/c1-5-8(11)10(4)6-9-7(2)3/h6H,2,5H2,1,3-4H3/b9-6-. The van der Waals surface area contributed by atoms with E-state index in [-0.39, 0.29) is 5.91 Å². The van der Waals surface area contributed by atoms with Crippen LogP contribution in [0.4, 0.5) is 0 Å². The number of aliphatic imine (C=N–C) groups is 1. The van der Waals surface area contributed by atoms with Gasteiger partial charge in [-0.15, -0.1) is 0 Å². The Bertz CT molecular complexity index is 185. The molecule has 0 radical (unpaired) electrons. The number of carbonyl (C=O) groups is 1. The molecule has 0 aromatic heterocycles. The highest BCUT2D eigenvalue weighted by Gasteiger charge is 2.00. The third-order valence-electron chi connectivity index (χ3n) is 1.15. The maximum atomic E-state index is 10.9. The lowest BCUT2D eigenvalue weighted by molar-refractivity contribution is -0.125. The van der Waals surface area contributed by atoms with Crippen LogP contribution in [0.5, 0.6) is 0 Å². The molecule has 0 N–H and O–H groups in total. The highest BCUT2D eigenvalue weighted by molar-refractivity contribution is 5.87. The summed E-state index contributed by atoms with van der Waals surface area (Å²) in [5.41, 5.74) is 0.695. The van der Waals surface area contributed by atoms with Crippen LogP contribution in [-0.4, -0.2) is 24.2 Å². The number of hydrogen-bond donors (Lipinski definition) is 0. The van der Waals surface area contributed by atoms with Crippen molar-refractivity contribution in [1.29, 1.82) is 0 Å². The topological polar surface area (TPSA) is 32.7 Å². The van der Waals surface area contributed by atoms with Crippen LogP contribution in [0, 0.1) is 0 Å². The maximum absolute atomic E-state index is 10.9. The third kappa shape index (κ3) is 4.31. The molecule has 0 heterocycles. The predicted octanol–water partition coefficient (Wildman–Crippen LogP) is 1.42. The highest BCUT2D eigenvalue weighted by Crippen LogP contribution is 1.89. The van der Waals surface area contributed by atoms with E-state index in [2.05, 4.69) is 11.6 Å². The van der Waals surface area contributed by atoms with Crippen molar-refractivity contribution in [1.82, 2.24) is 4.90 Å². The summed E-state index contributed by atoms with van der Waals surface area (Å²) in [6, 6.07) is 0. The van der Waals surface area contributed by atoms with Crippen molar-refractivity contribution in [2.24, 2.45) is 4.99 Å². The predicted molar refractivity (Wildman–Crippen MR) is 46.4 cm³/mol. The average molecular weight is 154 g/mol. The lowest BCUT2D eigenvalue weighted by Gasteiger charge is -2.08. The Morgan fingerprint density at radius 2 is 2.27 bits per heavy atom. The summed E-state index contributed by atoms with van der Waals surface area (Å²) in [6.07, 6.45) is 1.98. The van der Waals surface area contributed by atoms with Crippen LogP contribution >= 0.6 is 0 Å². The van der Waals surface area contributed by atoms with Gasteiger partial charge in [0.25, 0.3) is 0 Å². The molecule has 0 aromatic carbocycles. The smallest absolute Gasteiger partial charge is 0.227 e. The minimum Gasteiger partial charge on any atom is -0.306 e. The zero-order valence-corrected chi connectivity index (χ0v) is 7.29. The molecule has 3 nitrogen and oxygen atoms in total. The molecule has 0 aliphatic carbocycles. The van der Waals surface area contributed by atoms with E-state index < -0.39 is 0 Å². The van der Waals surface area contributed by atoms with Crippen molar-refractivity contribution < 1.29 is 4.79 Å². The zero-order chi connectivity index (χ0) is 8.85. The Morgan fingerprint density at radius 1 is 1.73 bits per heavy atom. The normalized spacial score (nSPS) is 10.1. The maximum Gasteiger partial charge on any atom is 0.227 e. The summed E-state index contributed by atoms with van der Waals surface area (Å²) in [7, 11) is 1.68. The Morgan fingerprint density at radius 3 is 2.64 bits per heavy atom. The molecular weight excluding hydrogens is 140 g/mol. The summed E-state index contributed by atoms with van der Waals surface area (Å²) in [6.45, 7) is 7.17. The molecule has 0 atom stereocenters. The summed E-state index contributed by atoms with van der Waals surface area (Å²) in [4.78, 5) is 16.3. The van der Waals surface area contributed by atoms with Crippen LogP contribution < -0.4 is 0 Å². The minimum absolute atomic E-state index is 0.0509. The first kappa shape index (κ1) is 9.88. The SMILES string of the molecule is C=C(C)/N=C\N(C)C(=O)CC. The van der Waals surface area contributed by atoms with Crippen molar-refractivity contribution in [3.63, 3.8) is 0 Å². The van der Waals surface area contributed by atoms with E-state index in [0.29, 0.717) is 12.1 Å². The van der Waals surface area contributed by atoms with Crippen molar-refractivity contribution in [2.45, 2.75) is 20.3 Å². The molecule has 3 heteroatoms. The van der Waals surface area contributed by atoms with Crippen molar-refractivity contribution >= 4 is 12.2 Å². The van der Waals surface area contributed by atoms with E-state index in [1.807, 2.05) is 6.92 Å². The average Bonchev–Trinajstić information content (AvgIpc) is 1.98. The first-order valence-electron chi connectivity index (χ1n) is 3.53. The Hall–Kier alpha value is -1.12. The van der Waals surface area contributed by atoms with Crippen LogP contribution in [0.3, 0.4) is 0 Å². The van der Waals surface area contributed by atoms with E-state index in [9.17, 15) is 4.79 Å². The van der Waals surface area contributed by atoms with E-state index in [4.69, 9.17) is 0 Å². The van der Waals surface area contributed by atoms with Crippen LogP contribution in [0.25, 0.3) is 0 Å². The lowest BCUT2D eigenvalue weighted by Crippen LogP contribution is -2.23. The van der Waals surface area contributed by atoms with Gasteiger partial charge in [-0.25, -0.2) is 4.99 Å². The number of carbonyl (C=O) groups excluding carboxylic acids is 1. The monoisotopic (exact) mass is 154 g/mol. The number of nitrogens with zero attached hydrogens (tertiary/aromatic N) is 2. The molecule has 11 heavy (non-hydrogen) atoms. The van der Waals surface area contributed by atoms with E-state index in [0.717, 1.165) is 0 Å². The van der Waals surface area contributed by atoms with Gasteiger partial charge in [0.05, 0.1) is 6.34 Å². The van der Waals surface area contributed by atoms with Gasteiger partial charge < -0.3 is 4.90 Å². The second-order valence-electron chi connectivity index (χ2n) is 2.34. The molecule has 62 valence electrons. The second kappa shape index (κ2) is 4.66.